The summed E-state index contributed by atoms with van der Waals surface area (Å²) in [4.78, 5) is 14.9. The van der Waals surface area contributed by atoms with Gasteiger partial charge in [-0.25, -0.2) is 15.0 Å². The number of hydrogen-bond donors (Lipinski definition) is 0. The van der Waals surface area contributed by atoms with Crippen molar-refractivity contribution < 1.29 is 0 Å². The second-order valence-corrected chi connectivity index (χ2v) is 12.1. The number of hydrogen-bond acceptors (Lipinski definition) is 3. The maximum atomic E-state index is 5.01. The first-order valence-electron chi connectivity index (χ1n) is 16.5. The highest BCUT2D eigenvalue weighted by Crippen LogP contribution is 2.42. The molecule has 0 amide bonds. The molecule has 0 atom stereocenters. The minimum atomic E-state index is 0.639. The van der Waals surface area contributed by atoms with Gasteiger partial charge in [-0.2, -0.15) is 0 Å². The number of nitrogens with zero attached hydrogens (tertiary/aromatic N) is 4. The van der Waals surface area contributed by atoms with Crippen LogP contribution in [0.25, 0.3) is 83.9 Å². The SMILES string of the molecule is c1ccc(-c2nc(-c3ccccc3)nc(-c3cccc(-c4cccc5c4c4cccc(-c6ccccc6)c4n5-c4ccccc4)c3)n2)cc1. The molecule has 4 heteroatoms. The molecule has 4 nitrogen and oxygen atoms in total. The molecule has 49 heavy (non-hydrogen) atoms. The minimum Gasteiger partial charge on any atom is -0.309 e. The molecule has 0 aliphatic heterocycles. The Bertz CT molecular complexity index is 2520. The Morgan fingerprint density at radius 1 is 0.347 bits per heavy atom. The first-order valence-corrected chi connectivity index (χ1v) is 16.5. The van der Waals surface area contributed by atoms with E-state index < -0.39 is 0 Å². The van der Waals surface area contributed by atoms with E-state index in [2.05, 4.69) is 126 Å². The monoisotopic (exact) mass is 626 g/mol. The summed E-state index contributed by atoms with van der Waals surface area (Å²) in [6.45, 7) is 0. The molecule has 2 aromatic heterocycles. The van der Waals surface area contributed by atoms with Gasteiger partial charge in [-0.05, 0) is 41.0 Å². The van der Waals surface area contributed by atoms with Crippen molar-refractivity contribution in [2.75, 3.05) is 0 Å². The second kappa shape index (κ2) is 12.2. The Balaban J connectivity index is 1.27. The van der Waals surface area contributed by atoms with E-state index in [1.165, 1.54) is 27.4 Å². The molecule has 7 aromatic carbocycles. The number of aromatic nitrogens is 4. The van der Waals surface area contributed by atoms with Crippen LogP contribution in [-0.2, 0) is 0 Å². The van der Waals surface area contributed by atoms with Crippen LogP contribution in [0.3, 0.4) is 0 Å². The van der Waals surface area contributed by atoms with Crippen LogP contribution in [0.15, 0.2) is 182 Å². The number of para-hydroxylation sites is 2. The molecule has 230 valence electrons. The molecule has 9 rings (SSSR count). The molecule has 0 unspecified atom stereocenters. The zero-order valence-corrected chi connectivity index (χ0v) is 26.6. The van der Waals surface area contributed by atoms with Crippen LogP contribution in [-0.4, -0.2) is 19.5 Å². The maximum absolute atomic E-state index is 5.01. The summed E-state index contributed by atoms with van der Waals surface area (Å²) < 4.78 is 2.41. The van der Waals surface area contributed by atoms with Crippen LogP contribution in [0, 0.1) is 0 Å². The van der Waals surface area contributed by atoms with Crippen molar-refractivity contribution >= 4 is 21.8 Å². The quantitative estimate of drug-likeness (QED) is 0.184. The van der Waals surface area contributed by atoms with E-state index in [-0.39, 0.29) is 0 Å². The van der Waals surface area contributed by atoms with E-state index in [0.29, 0.717) is 17.5 Å². The van der Waals surface area contributed by atoms with Gasteiger partial charge in [0.1, 0.15) is 0 Å². The van der Waals surface area contributed by atoms with Crippen molar-refractivity contribution in [2.45, 2.75) is 0 Å². The lowest BCUT2D eigenvalue weighted by Crippen LogP contribution is -2.00. The van der Waals surface area contributed by atoms with Crippen molar-refractivity contribution in [2.24, 2.45) is 0 Å². The molecular formula is C45H30N4. The van der Waals surface area contributed by atoms with Gasteiger partial charge in [-0.3, -0.25) is 0 Å². The Kier molecular flexibility index (Phi) is 7.10. The molecule has 0 fully saturated rings. The summed E-state index contributed by atoms with van der Waals surface area (Å²) in [5.41, 5.74) is 11.0. The van der Waals surface area contributed by atoms with Crippen molar-refractivity contribution in [3.8, 4) is 62.1 Å². The van der Waals surface area contributed by atoms with Gasteiger partial charge in [-0.15, -0.1) is 0 Å². The van der Waals surface area contributed by atoms with E-state index in [1.54, 1.807) is 0 Å². The lowest BCUT2D eigenvalue weighted by atomic mass is 9.96. The zero-order chi connectivity index (χ0) is 32.6. The fraction of sp³-hybridized carbons (Fsp3) is 0. The zero-order valence-electron chi connectivity index (χ0n) is 26.6. The van der Waals surface area contributed by atoms with Gasteiger partial charge in [0.25, 0.3) is 0 Å². The van der Waals surface area contributed by atoms with Crippen molar-refractivity contribution in [1.29, 1.82) is 0 Å². The first-order chi connectivity index (χ1) is 24.3. The van der Waals surface area contributed by atoms with Crippen LogP contribution < -0.4 is 0 Å². The Labute approximate surface area is 284 Å². The lowest BCUT2D eigenvalue weighted by Gasteiger charge is -2.12. The Hall–Kier alpha value is -6.65. The fourth-order valence-corrected chi connectivity index (χ4v) is 6.82. The molecule has 0 N–H and O–H groups in total. The summed E-state index contributed by atoms with van der Waals surface area (Å²) >= 11 is 0. The highest BCUT2D eigenvalue weighted by Gasteiger charge is 2.20. The van der Waals surface area contributed by atoms with Crippen molar-refractivity contribution in [3.05, 3.63) is 182 Å². The van der Waals surface area contributed by atoms with Gasteiger partial charge in [-0.1, -0.05) is 158 Å². The van der Waals surface area contributed by atoms with Crippen molar-refractivity contribution in [3.63, 3.8) is 0 Å². The average molecular weight is 627 g/mol. The largest absolute Gasteiger partial charge is 0.309 e. The summed E-state index contributed by atoms with van der Waals surface area (Å²) in [7, 11) is 0. The fourth-order valence-electron chi connectivity index (χ4n) is 6.82. The lowest BCUT2D eigenvalue weighted by molar-refractivity contribution is 1.07. The van der Waals surface area contributed by atoms with Gasteiger partial charge in [0.05, 0.1) is 11.0 Å². The highest BCUT2D eigenvalue weighted by atomic mass is 15.0. The molecule has 0 aliphatic carbocycles. The predicted octanol–water partition coefficient (Wildman–Crippen LogP) is 11.3. The van der Waals surface area contributed by atoms with Crippen LogP contribution in [0.1, 0.15) is 0 Å². The van der Waals surface area contributed by atoms with Crippen LogP contribution >= 0.6 is 0 Å². The van der Waals surface area contributed by atoms with Gasteiger partial charge >= 0.3 is 0 Å². The van der Waals surface area contributed by atoms with E-state index in [4.69, 9.17) is 15.0 Å². The highest BCUT2D eigenvalue weighted by molar-refractivity contribution is 6.19. The molecule has 0 spiro atoms. The molecule has 0 aliphatic rings. The molecule has 0 saturated heterocycles. The van der Waals surface area contributed by atoms with Gasteiger partial charge in [0.15, 0.2) is 17.5 Å². The van der Waals surface area contributed by atoms with E-state index in [1.807, 2.05) is 60.7 Å². The topological polar surface area (TPSA) is 43.6 Å². The third-order valence-corrected chi connectivity index (χ3v) is 9.04. The maximum Gasteiger partial charge on any atom is 0.164 e. The van der Waals surface area contributed by atoms with Crippen LogP contribution in [0.5, 0.6) is 0 Å². The summed E-state index contributed by atoms with van der Waals surface area (Å²) in [5.74, 6) is 1.94. The van der Waals surface area contributed by atoms with E-state index in [9.17, 15) is 0 Å². The summed E-state index contributed by atoms with van der Waals surface area (Å²) in [6, 6.07) is 63.4. The molecule has 0 saturated carbocycles. The minimum absolute atomic E-state index is 0.639. The third kappa shape index (κ3) is 5.16. The summed E-state index contributed by atoms with van der Waals surface area (Å²) in [5, 5.41) is 2.42. The van der Waals surface area contributed by atoms with Gasteiger partial charge in [0.2, 0.25) is 0 Å². The Morgan fingerprint density at radius 3 is 1.45 bits per heavy atom. The molecule has 0 bridgehead atoms. The first kappa shape index (κ1) is 28.6. The predicted molar refractivity (Wildman–Crippen MR) is 201 cm³/mol. The average Bonchev–Trinajstić information content (AvgIpc) is 3.54. The van der Waals surface area contributed by atoms with E-state index in [0.717, 1.165) is 39.0 Å². The Morgan fingerprint density at radius 2 is 0.816 bits per heavy atom. The number of benzene rings is 7. The molecule has 0 radical (unpaired) electrons. The van der Waals surface area contributed by atoms with Crippen LogP contribution in [0.2, 0.25) is 0 Å². The summed E-state index contributed by atoms with van der Waals surface area (Å²) in [6.07, 6.45) is 0. The standard InChI is InChI=1S/C45H30N4/c1-5-16-31(17-6-1)38-27-14-28-39-41-37(26-15-29-40(41)49(42(38)39)36-24-11-4-12-25-36)34-22-13-23-35(30-34)45-47-43(32-18-7-2-8-19-32)46-44(48-45)33-20-9-3-10-21-33/h1-30H. The van der Waals surface area contributed by atoms with Gasteiger partial charge < -0.3 is 4.57 Å². The number of fused-ring (bicyclic) bond motifs is 3. The van der Waals surface area contributed by atoms with Gasteiger partial charge in [0, 0.05) is 38.7 Å². The number of rotatable bonds is 6. The molecule has 2 heterocycles. The normalized spacial score (nSPS) is 11.3. The van der Waals surface area contributed by atoms with Crippen LogP contribution in [0.4, 0.5) is 0 Å². The third-order valence-electron chi connectivity index (χ3n) is 9.04. The van der Waals surface area contributed by atoms with Crippen molar-refractivity contribution in [1.82, 2.24) is 19.5 Å². The second-order valence-electron chi connectivity index (χ2n) is 12.1. The van der Waals surface area contributed by atoms with E-state index >= 15 is 0 Å². The smallest absolute Gasteiger partial charge is 0.164 e. The molecule has 9 aromatic rings. The molecular weight excluding hydrogens is 597 g/mol.